The maximum atomic E-state index is 12.1. The fraction of sp³-hybridized carbons (Fsp3) is 0.294. The van der Waals surface area contributed by atoms with Crippen LogP contribution in [0, 0.1) is 0 Å². The lowest BCUT2D eigenvalue weighted by Gasteiger charge is -2.11. The van der Waals surface area contributed by atoms with Gasteiger partial charge in [-0.05, 0) is 41.7 Å². The Morgan fingerprint density at radius 2 is 1.73 bits per heavy atom. The molecule has 1 N–H and O–H groups in total. The van der Waals surface area contributed by atoms with Crippen molar-refractivity contribution >= 4 is 0 Å². The third-order valence-corrected chi connectivity index (χ3v) is 3.29. The first kappa shape index (κ1) is 16.4. The molecule has 2 nitrogen and oxygen atoms in total. The SMILES string of the molecule is CC[C@@H](O)c1cccc(Cc2ccc(OC(F)(F)F)cc2)c1. The van der Waals surface area contributed by atoms with Gasteiger partial charge in [0.05, 0.1) is 6.10 Å². The smallest absolute Gasteiger partial charge is 0.406 e. The molecule has 0 saturated carbocycles. The predicted molar refractivity (Wildman–Crippen MR) is 77.6 cm³/mol. The fourth-order valence-electron chi connectivity index (χ4n) is 2.19. The maximum absolute atomic E-state index is 12.1. The zero-order valence-electron chi connectivity index (χ0n) is 12.1. The molecule has 0 aliphatic rings. The number of alkyl halides is 3. The third kappa shape index (κ3) is 4.77. The van der Waals surface area contributed by atoms with E-state index >= 15 is 0 Å². The van der Waals surface area contributed by atoms with Gasteiger partial charge in [-0.15, -0.1) is 13.2 Å². The van der Waals surface area contributed by atoms with Crippen molar-refractivity contribution in [2.75, 3.05) is 0 Å². The van der Waals surface area contributed by atoms with Crippen molar-refractivity contribution in [3.8, 4) is 5.75 Å². The highest BCUT2D eigenvalue weighted by atomic mass is 19.4. The molecule has 22 heavy (non-hydrogen) atoms. The molecule has 0 aromatic heterocycles. The standard InChI is InChI=1S/C17H17F3O2/c1-2-16(21)14-5-3-4-13(11-14)10-12-6-8-15(9-7-12)22-17(18,19)20/h3-9,11,16,21H,2,10H2,1H3/t16-/m1/s1. The van der Waals surface area contributed by atoms with E-state index in [4.69, 9.17) is 0 Å². The minimum absolute atomic E-state index is 0.230. The van der Waals surface area contributed by atoms with E-state index in [2.05, 4.69) is 4.74 Å². The van der Waals surface area contributed by atoms with Crippen molar-refractivity contribution in [3.05, 3.63) is 65.2 Å². The van der Waals surface area contributed by atoms with Gasteiger partial charge < -0.3 is 9.84 Å². The zero-order chi connectivity index (χ0) is 16.2. The quantitative estimate of drug-likeness (QED) is 0.873. The monoisotopic (exact) mass is 310 g/mol. The van der Waals surface area contributed by atoms with Crippen LogP contribution in [0.2, 0.25) is 0 Å². The number of rotatable bonds is 5. The van der Waals surface area contributed by atoms with Gasteiger partial charge in [0.2, 0.25) is 0 Å². The Kier molecular flexibility index (Phi) is 5.08. The molecule has 0 bridgehead atoms. The average Bonchev–Trinajstić information content (AvgIpc) is 2.47. The third-order valence-electron chi connectivity index (χ3n) is 3.29. The van der Waals surface area contributed by atoms with E-state index < -0.39 is 12.5 Å². The fourth-order valence-corrected chi connectivity index (χ4v) is 2.19. The molecular weight excluding hydrogens is 293 g/mol. The molecule has 2 aromatic rings. The minimum Gasteiger partial charge on any atom is -0.406 e. The Morgan fingerprint density at radius 3 is 2.32 bits per heavy atom. The first-order valence-corrected chi connectivity index (χ1v) is 6.99. The Hall–Kier alpha value is -2.01. The molecular formula is C17H17F3O2. The second kappa shape index (κ2) is 6.83. The number of aliphatic hydroxyl groups excluding tert-OH is 1. The molecule has 0 amide bonds. The Labute approximate surface area is 127 Å². The van der Waals surface area contributed by atoms with Gasteiger partial charge in [-0.2, -0.15) is 0 Å². The summed E-state index contributed by atoms with van der Waals surface area (Å²) in [6, 6.07) is 13.4. The van der Waals surface area contributed by atoms with Gasteiger partial charge in [-0.25, -0.2) is 0 Å². The van der Waals surface area contributed by atoms with Crippen LogP contribution >= 0.6 is 0 Å². The molecule has 2 aromatic carbocycles. The van der Waals surface area contributed by atoms with Gasteiger partial charge in [-0.3, -0.25) is 0 Å². The number of hydrogen-bond donors (Lipinski definition) is 1. The second-order valence-electron chi connectivity index (χ2n) is 5.04. The zero-order valence-corrected chi connectivity index (χ0v) is 12.1. The van der Waals surface area contributed by atoms with Crippen LogP contribution in [0.4, 0.5) is 13.2 Å². The van der Waals surface area contributed by atoms with Crippen LogP contribution < -0.4 is 4.74 Å². The summed E-state index contributed by atoms with van der Waals surface area (Å²) in [5, 5.41) is 9.84. The number of aliphatic hydroxyl groups is 1. The summed E-state index contributed by atoms with van der Waals surface area (Å²) in [5.41, 5.74) is 2.71. The van der Waals surface area contributed by atoms with Crippen LogP contribution in [0.5, 0.6) is 5.75 Å². The number of hydrogen-bond acceptors (Lipinski definition) is 2. The van der Waals surface area contributed by atoms with E-state index in [1.165, 1.54) is 12.1 Å². The largest absolute Gasteiger partial charge is 0.573 e. The van der Waals surface area contributed by atoms with E-state index in [0.717, 1.165) is 16.7 Å². The molecule has 0 aliphatic carbocycles. The highest BCUT2D eigenvalue weighted by Crippen LogP contribution is 2.24. The van der Waals surface area contributed by atoms with Crippen molar-refractivity contribution in [2.45, 2.75) is 32.2 Å². The lowest BCUT2D eigenvalue weighted by atomic mass is 10.00. The molecule has 2 rings (SSSR count). The molecule has 0 aliphatic heterocycles. The minimum atomic E-state index is -4.67. The van der Waals surface area contributed by atoms with Crippen LogP contribution in [0.1, 0.15) is 36.1 Å². The summed E-state index contributed by atoms with van der Waals surface area (Å²) in [5.74, 6) is -0.230. The van der Waals surface area contributed by atoms with Gasteiger partial charge in [0.25, 0.3) is 0 Å². The summed E-state index contributed by atoms with van der Waals surface area (Å²) in [4.78, 5) is 0. The first-order chi connectivity index (χ1) is 10.4. The lowest BCUT2D eigenvalue weighted by Crippen LogP contribution is -2.17. The second-order valence-corrected chi connectivity index (χ2v) is 5.04. The molecule has 0 fully saturated rings. The average molecular weight is 310 g/mol. The highest BCUT2D eigenvalue weighted by molar-refractivity contribution is 5.33. The van der Waals surface area contributed by atoms with E-state index in [-0.39, 0.29) is 5.75 Å². The van der Waals surface area contributed by atoms with Gasteiger partial charge >= 0.3 is 6.36 Å². The van der Waals surface area contributed by atoms with Gasteiger partial charge in [0, 0.05) is 0 Å². The number of halogens is 3. The molecule has 0 unspecified atom stereocenters. The number of benzene rings is 2. The highest BCUT2D eigenvalue weighted by Gasteiger charge is 2.30. The summed E-state index contributed by atoms with van der Waals surface area (Å²) in [7, 11) is 0. The van der Waals surface area contributed by atoms with Crippen LogP contribution in [0.3, 0.4) is 0 Å². The van der Waals surface area contributed by atoms with Crippen LogP contribution in [0.15, 0.2) is 48.5 Å². The summed E-state index contributed by atoms with van der Waals surface area (Å²) >= 11 is 0. The van der Waals surface area contributed by atoms with E-state index in [1.54, 1.807) is 12.1 Å². The normalized spacial score (nSPS) is 13.0. The molecule has 1 atom stereocenters. The van der Waals surface area contributed by atoms with Gasteiger partial charge in [-0.1, -0.05) is 43.3 Å². The van der Waals surface area contributed by atoms with Gasteiger partial charge in [0.1, 0.15) is 5.75 Å². The molecule has 118 valence electrons. The van der Waals surface area contributed by atoms with Gasteiger partial charge in [0.15, 0.2) is 0 Å². The predicted octanol–water partition coefficient (Wildman–Crippen LogP) is 4.62. The summed E-state index contributed by atoms with van der Waals surface area (Å²) in [6.07, 6.45) is -3.96. The van der Waals surface area contributed by atoms with Crippen molar-refractivity contribution in [1.29, 1.82) is 0 Å². The molecule has 0 heterocycles. The van der Waals surface area contributed by atoms with E-state index in [9.17, 15) is 18.3 Å². The van der Waals surface area contributed by atoms with Crippen molar-refractivity contribution < 1.29 is 23.0 Å². The van der Waals surface area contributed by atoms with Crippen LogP contribution in [-0.2, 0) is 6.42 Å². The van der Waals surface area contributed by atoms with E-state index in [0.29, 0.717) is 12.8 Å². The van der Waals surface area contributed by atoms with Crippen LogP contribution in [0.25, 0.3) is 0 Å². The molecule has 0 saturated heterocycles. The molecule has 5 heteroatoms. The summed E-state index contributed by atoms with van der Waals surface area (Å²) < 4.78 is 40.1. The van der Waals surface area contributed by atoms with Crippen molar-refractivity contribution in [3.63, 3.8) is 0 Å². The Bertz CT molecular complexity index is 606. The topological polar surface area (TPSA) is 29.5 Å². The summed E-state index contributed by atoms with van der Waals surface area (Å²) in [6.45, 7) is 1.90. The lowest BCUT2D eigenvalue weighted by molar-refractivity contribution is -0.274. The van der Waals surface area contributed by atoms with Crippen molar-refractivity contribution in [2.24, 2.45) is 0 Å². The maximum Gasteiger partial charge on any atom is 0.573 e. The molecule has 0 spiro atoms. The molecule has 0 radical (unpaired) electrons. The van der Waals surface area contributed by atoms with Crippen molar-refractivity contribution in [1.82, 2.24) is 0 Å². The number of ether oxygens (including phenoxy) is 1. The Morgan fingerprint density at radius 1 is 1.05 bits per heavy atom. The first-order valence-electron chi connectivity index (χ1n) is 6.99. The van der Waals surface area contributed by atoms with E-state index in [1.807, 2.05) is 31.2 Å². The van der Waals surface area contributed by atoms with Crippen LogP contribution in [-0.4, -0.2) is 11.5 Å². The Balaban J connectivity index is 2.08.